The van der Waals surface area contributed by atoms with E-state index >= 15 is 0 Å². The first-order valence-electron chi connectivity index (χ1n) is 6.09. The SMILES string of the molecule is CCCC(=O)N[C@@H](C)[C@@H](C)NC(=O)CCC. The Bertz CT molecular complexity index is 205. The van der Waals surface area contributed by atoms with Crippen molar-refractivity contribution < 1.29 is 9.59 Å². The van der Waals surface area contributed by atoms with Gasteiger partial charge in [0.1, 0.15) is 0 Å². The van der Waals surface area contributed by atoms with Crippen LogP contribution in [0.2, 0.25) is 0 Å². The molecule has 0 aromatic heterocycles. The summed E-state index contributed by atoms with van der Waals surface area (Å²) in [6.45, 7) is 7.75. The zero-order valence-electron chi connectivity index (χ0n) is 10.8. The van der Waals surface area contributed by atoms with Crippen LogP contribution in [-0.2, 0) is 9.59 Å². The van der Waals surface area contributed by atoms with Crippen molar-refractivity contribution in [3.8, 4) is 0 Å². The van der Waals surface area contributed by atoms with Gasteiger partial charge in [0.25, 0.3) is 0 Å². The maximum absolute atomic E-state index is 11.3. The lowest BCUT2D eigenvalue weighted by Crippen LogP contribution is -2.48. The Morgan fingerprint density at radius 3 is 1.44 bits per heavy atom. The molecule has 2 amide bonds. The van der Waals surface area contributed by atoms with E-state index in [-0.39, 0.29) is 23.9 Å². The molecule has 0 unspecified atom stereocenters. The Balaban J connectivity index is 3.93. The molecule has 0 radical (unpaired) electrons. The second-order valence-corrected chi connectivity index (χ2v) is 4.21. The van der Waals surface area contributed by atoms with Gasteiger partial charge in [0.15, 0.2) is 0 Å². The minimum absolute atomic E-state index is 0.0279. The highest BCUT2D eigenvalue weighted by Gasteiger charge is 2.15. The lowest BCUT2D eigenvalue weighted by molar-refractivity contribution is -0.124. The molecular formula is C12H24N2O2. The van der Waals surface area contributed by atoms with Gasteiger partial charge in [0.2, 0.25) is 11.8 Å². The zero-order chi connectivity index (χ0) is 12.6. The zero-order valence-corrected chi connectivity index (χ0v) is 10.8. The van der Waals surface area contributed by atoms with Gasteiger partial charge >= 0.3 is 0 Å². The molecule has 0 aromatic rings. The van der Waals surface area contributed by atoms with Crippen LogP contribution >= 0.6 is 0 Å². The van der Waals surface area contributed by atoms with Crippen molar-refractivity contribution >= 4 is 11.8 Å². The Morgan fingerprint density at radius 1 is 0.875 bits per heavy atom. The van der Waals surface area contributed by atoms with E-state index in [1.54, 1.807) is 0 Å². The third kappa shape index (κ3) is 6.43. The van der Waals surface area contributed by atoms with Gasteiger partial charge in [-0.15, -0.1) is 0 Å². The van der Waals surface area contributed by atoms with E-state index in [4.69, 9.17) is 0 Å². The summed E-state index contributed by atoms with van der Waals surface area (Å²) in [6.07, 6.45) is 2.77. The van der Waals surface area contributed by atoms with E-state index < -0.39 is 0 Å². The lowest BCUT2D eigenvalue weighted by atomic mass is 10.1. The smallest absolute Gasteiger partial charge is 0.220 e. The Kier molecular flexibility index (Phi) is 7.60. The molecule has 0 bridgehead atoms. The minimum atomic E-state index is -0.0279. The molecule has 2 atom stereocenters. The number of carbonyl (C=O) groups excluding carboxylic acids is 2. The highest BCUT2D eigenvalue weighted by molar-refractivity contribution is 5.77. The normalized spacial score (nSPS) is 14.0. The van der Waals surface area contributed by atoms with Crippen molar-refractivity contribution in [1.29, 1.82) is 0 Å². The average molecular weight is 228 g/mol. The molecule has 94 valence electrons. The molecule has 0 aliphatic rings. The Morgan fingerprint density at radius 2 is 1.19 bits per heavy atom. The number of hydrogen-bond acceptors (Lipinski definition) is 2. The summed E-state index contributed by atoms with van der Waals surface area (Å²) < 4.78 is 0. The summed E-state index contributed by atoms with van der Waals surface area (Å²) in [5.41, 5.74) is 0. The van der Waals surface area contributed by atoms with E-state index in [0.29, 0.717) is 12.8 Å². The molecule has 0 aromatic carbocycles. The first-order chi connectivity index (χ1) is 7.51. The van der Waals surface area contributed by atoms with Crippen LogP contribution in [0.1, 0.15) is 53.4 Å². The van der Waals surface area contributed by atoms with Crippen molar-refractivity contribution in [3.63, 3.8) is 0 Å². The number of nitrogens with one attached hydrogen (secondary N) is 2. The van der Waals surface area contributed by atoms with Crippen LogP contribution in [0.25, 0.3) is 0 Å². The van der Waals surface area contributed by atoms with E-state index in [1.807, 2.05) is 27.7 Å². The fourth-order valence-corrected chi connectivity index (χ4v) is 1.36. The minimum Gasteiger partial charge on any atom is -0.352 e. The van der Waals surface area contributed by atoms with Crippen LogP contribution in [0.15, 0.2) is 0 Å². The summed E-state index contributed by atoms with van der Waals surface area (Å²) in [6, 6.07) is -0.0558. The quantitative estimate of drug-likeness (QED) is 0.695. The average Bonchev–Trinajstić information content (AvgIpc) is 2.17. The molecule has 0 saturated heterocycles. The number of hydrogen-bond donors (Lipinski definition) is 2. The molecule has 4 nitrogen and oxygen atoms in total. The number of carbonyl (C=O) groups is 2. The van der Waals surface area contributed by atoms with Crippen LogP contribution in [0.4, 0.5) is 0 Å². The molecule has 0 fully saturated rings. The van der Waals surface area contributed by atoms with E-state index in [9.17, 15) is 9.59 Å². The van der Waals surface area contributed by atoms with Gasteiger partial charge in [-0.05, 0) is 26.7 Å². The third-order valence-corrected chi connectivity index (χ3v) is 2.48. The van der Waals surface area contributed by atoms with E-state index in [1.165, 1.54) is 0 Å². The maximum atomic E-state index is 11.3. The van der Waals surface area contributed by atoms with Crippen molar-refractivity contribution in [2.45, 2.75) is 65.5 Å². The van der Waals surface area contributed by atoms with Gasteiger partial charge in [-0.2, -0.15) is 0 Å². The highest BCUT2D eigenvalue weighted by Crippen LogP contribution is 1.96. The maximum Gasteiger partial charge on any atom is 0.220 e. The molecule has 4 heteroatoms. The Hall–Kier alpha value is -1.06. The summed E-state index contributed by atoms with van der Waals surface area (Å²) in [7, 11) is 0. The van der Waals surface area contributed by atoms with Crippen LogP contribution < -0.4 is 10.6 Å². The molecule has 2 N–H and O–H groups in total. The van der Waals surface area contributed by atoms with Gasteiger partial charge in [-0.3, -0.25) is 9.59 Å². The van der Waals surface area contributed by atoms with Crippen LogP contribution in [-0.4, -0.2) is 23.9 Å². The first kappa shape index (κ1) is 14.9. The fourth-order valence-electron chi connectivity index (χ4n) is 1.36. The second kappa shape index (κ2) is 8.13. The molecule has 0 saturated carbocycles. The van der Waals surface area contributed by atoms with Crippen LogP contribution in [0.3, 0.4) is 0 Å². The number of rotatable bonds is 7. The molecular weight excluding hydrogens is 204 g/mol. The molecule has 0 aliphatic carbocycles. The largest absolute Gasteiger partial charge is 0.352 e. The van der Waals surface area contributed by atoms with Crippen LogP contribution in [0.5, 0.6) is 0 Å². The molecule has 0 heterocycles. The van der Waals surface area contributed by atoms with E-state index in [2.05, 4.69) is 10.6 Å². The standard InChI is InChI=1S/C12H24N2O2/c1-5-7-11(15)13-9(3)10(4)14-12(16)8-6-2/h9-10H,5-8H2,1-4H3,(H,13,15)(H,14,16)/t9-,10+. The topological polar surface area (TPSA) is 58.2 Å². The summed E-state index contributed by atoms with van der Waals surface area (Å²) in [5.74, 6) is 0.0955. The van der Waals surface area contributed by atoms with Gasteiger partial charge in [-0.25, -0.2) is 0 Å². The molecule has 0 rings (SSSR count). The van der Waals surface area contributed by atoms with Crippen LogP contribution in [0, 0.1) is 0 Å². The second-order valence-electron chi connectivity index (χ2n) is 4.21. The van der Waals surface area contributed by atoms with Gasteiger partial charge in [0.05, 0.1) is 0 Å². The summed E-state index contributed by atoms with van der Waals surface area (Å²) >= 11 is 0. The Labute approximate surface area is 98.2 Å². The van der Waals surface area contributed by atoms with Crippen molar-refractivity contribution in [1.82, 2.24) is 10.6 Å². The number of amides is 2. The predicted molar refractivity (Wildman–Crippen MR) is 65.0 cm³/mol. The third-order valence-electron chi connectivity index (χ3n) is 2.48. The van der Waals surface area contributed by atoms with Crippen molar-refractivity contribution in [2.75, 3.05) is 0 Å². The lowest BCUT2D eigenvalue weighted by Gasteiger charge is -2.22. The molecule has 0 aliphatic heterocycles. The van der Waals surface area contributed by atoms with Crippen molar-refractivity contribution in [2.24, 2.45) is 0 Å². The predicted octanol–water partition coefficient (Wildman–Crippen LogP) is 1.60. The molecule has 16 heavy (non-hydrogen) atoms. The van der Waals surface area contributed by atoms with Crippen molar-refractivity contribution in [3.05, 3.63) is 0 Å². The summed E-state index contributed by atoms with van der Waals surface area (Å²) in [5, 5.41) is 5.75. The van der Waals surface area contributed by atoms with Gasteiger partial charge in [0, 0.05) is 24.9 Å². The van der Waals surface area contributed by atoms with Gasteiger partial charge in [-0.1, -0.05) is 13.8 Å². The van der Waals surface area contributed by atoms with Gasteiger partial charge < -0.3 is 10.6 Å². The highest BCUT2D eigenvalue weighted by atomic mass is 16.2. The fraction of sp³-hybridized carbons (Fsp3) is 0.833. The first-order valence-corrected chi connectivity index (χ1v) is 6.09. The monoisotopic (exact) mass is 228 g/mol. The molecule has 0 spiro atoms. The van der Waals surface area contributed by atoms with E-state index in [0.717, 1.165) is 12.8 Å². The summed E-state index contributed by atoms with van der Waals surface area (Å²) in [4.78, 5) is 22.7.